The molecular weight excluding hydrogens is 252 g/mol. The van der Waals surface area contributed by atoms with E-state index in [-0.39, 0.29) is 0 Å². The van der Waals surface area contributed by atoms with Gasteiger partial charge in [-0.15, -0.1) is 0 Å². The Morgan fingerprint density at radius 1 is 1.61 bits per heavy atom. The Kier molecular flexibility index (Phi) is 4.09. The minimum absolute atomic E-state index is 0.443. The van der Waals surface area contributed by atoms with Crippen molar-refractivity contribution in [2.24, 2.45) is 11.7 Å². The van der Waals surface area contributed by atoms with Gasteiger partial charge in [0.05, 0.1) is 7.11 Å². The van der Waals surface area contributed by atoms with E-state index in [0.29, 0.717) is 22.3 Å². The van der Waals surface area contributed by atoms with Gasteiger partial charge in [0.2, 0.25) is 5.91 Å². The Bertz CT molecular complexity index is 447. The van der Waals surface area contributed by atoms with Crippen LogP contribution in [0.15, 0.2) is 18.2 Å². The third-order valence-electron chi connectivity index (χ3n) is 3.11. The third-order valence-corrected chi connectivity index (χ3v) is 3.44. The molecule has 1 amide bonds. The van der Waals surface area contributed by atoms with E-state index in [1.165, 1.54) is 12.8 Å². The molecule has 98 valence electrons. The van der Waals surface area contributed by atoms with Crippen molar-refractivity contribution in [2.45, 2.75) is 18.9 Å². The van der Waals surface area contributed by atoms with E-state index in [1.807, 2.05) is 0 Å². The van der Waals surface area contributed by atoms with Gasteiger partial charge in [0.1, 0.15) is 11.8 Å². The first kappa shape index (κ1) is 13.2. The smallest absolute Gasteiger partial charge is 0.239 e. The molecule has 0 radical (unpaired) electrons. The number of methoxy groups -OCH3 is 1. The van der Waals surface area contributed by atoms with Crippen molar-refractivity contribution in [3.8, 4) is 5.75 Å². The second kappa shape index (κ2) is 5.59. The SMILES string of the molecule is COc1cccc(Cl)c1C(NCC1CC1)C(N)=O. The summed E-state index contributed by atoms with van der Waals surface area (Å²) >= 11 is 6.15. The van der Waals surface area contributed by atoms with Crippen LogP contribution in [0, 0.1) is 5.92 Å². The van der Waals surface area contributed by atoms with Crippen molar-refractivity contribution in [1.29, 1.82) is 0 Å². The number of primary amides is 1. The highest BCUT2D eigenvalue weighted by Gasteiger charge is 2.27. The van der Waals surface area contributed by atoms with Crippen molar-refractivity contribution in [1.82, 2.24) is 5.32 Å². The molecule has 5 heteroatoms. The van der Waals surface area contributed by atoms with Crippen LogP contribution in [-0.2, 0) is 4.79 Å². The molecule has 1 atom stereocenters. The summed E-state index contributed by atoms with van der Waals surface area (Å²) in [6, 6.07) is 4.68. The highest BCUT2D eigenvalue weighted by atomic mass is 35.5. The summed E-state index contributed by atoms with van der Waals surface area (Å²) in [7, 11) is 1.55. The summed E-state index contributed by atoms with van der Waals surface area (Å²) < 4.78 is 5.25. The Balaban J connectivity index is 2.25. The Morgan fingerprint density at radius 2 is 2.33 bits per heavy atom. The topological polar surface area (TPSA) is 64.3 Å². The number of halogens is 1. The van der Waals surface area contributed by atoms with E-state index in [1.54, 1.807) is 25.3 Å². The maximum atomic E-state index is 11.6. The van der Waals surface area contributed by atoms with Gasteiger partial charge in [-0.2, -0.15) is 0 Å². The standard InChI is InChI=1S/C13H17ClN2O2/c1-18-10-4-2-3-9(14)11(10)12(13(15)17)16-7-8-5-6-8/h2-4,8,12,16H,5-7H2,1H3,(H2,15,17). The quantitative estimate of drug-likeness (QED) is 0.828. The van der Waals surface area contributed by atoms with Gasteiger partial charge in [0, 0.05) is 10.6 Å². The average molecular weight is 269 g/mol. The lowest BCUT2D eigenvalue weighted by Crippen LogP contribution is -2.35. The fourth-order valence-electron chi connectivity index (χ4n) is 1.93. The minimum Gasteiger partial charge on any atom is -0.496 e. The van der Waals surface area contributed by atoms with Crippen LogP contribution in [0.4, 0.5) is 0 Å². The molecule has 1 aromatic rings. The molecule has 18 heavy (non-hydrogen) atoms. The maximum absolute atomic E-state index is 11.6. The van der Waals surface area contributed by atoms with Gasteiger partial charge in [0.25, 0.3) is 0 Å². The molecule has 4 nitrogen and oxygen atoms in total. The number of carbonyl (C=O) groups is 1. The number of hydrogen-bond donors (Lipinski definition) is 2. The van der Waals surface area contributed by atoms with Crippen molar-refractivity contribution < 1.29 is 9.53 Å². The first-order valence-corrected chi connectivity index (χ1v) is 6.36. The Hall–Kier alpha value is -1.26. The second-order valence-corrected chi connectivity index (χ2v) is 4.95. The predicted molar refractivity (Wildman–Crippen MR) is 70.7 cm³/mol. The molecule has 1 aromatic carbocycles. The summed E-state index contributed by atoms with van der Waals surface area (Å²) in [5.74, 6) is 0.789. The van der Waals surface area contributed by atoms with Crippen molar-refractivity contribution in [3.05, 3.63) is 28.8 Å². The molecule has 1 fully saturated rings. The van der Waals surface area contributed by atoms with Gasteiger partial charge in [-0.25, -0.2) is 0 Å². The van der Waals surface area contributed by atoms with Crippen LogP contribution in [0.1, 0.15) is 24.4 Å². The summed E-state index contributed by atoms with van der Waals surface area (Å²) in [5, 5.41) is 3.66. The number of nitrogens with one attached hydrogen (secondary N) is 1. The van der Waals surface area contributed by atoms with Gasteiger partial charge >= 0.3 is 0 Å². The Morgan fingerprint density at radius 3 is 2.89 bits per heavy atom. The fraction of sp³-hybridized carbons (Fsp3) is 0.462. The van der Waals surface area contributed by atoms with E-state index in [4.69, 9.17) is 22.1 Å². The van der Waals surface area contributed by atoms with Crippen molar-refractivity contribution >= 4 is 17.5 Å². The molecule has 1 unspecified atom stereocenters. The lowest BCUT2D eigenvalue weighted by molar-refractivity contribution is -0.120. The molecule has 1 aliphatic rings. The van der Waals surface area contributed by atoms with Crippen LogP contribution in [-0.4, -0.2) is 19.6 Å². The third kappa shape index (κ3) is 2.94. The molecule has 0 aliphatic heterocycles. The van der Waals surface area contributed by atoms with Crippen molar-refractivity contribution in [3.63, 3.8) is 0 Å². The van der Waals surface area contributed by atoms with Gasteiger partial charge in [-0.05, 0) is 37.4 Å². The number of carbonyl (C=O) groups excluding carboxylic acids is 1. The van der Waals surface area contributed by atoms with Crippen LogP contribution < -0.4 is 15.8 Å². The van der Waals surface area contributed by atoms with Gasteiger partial charge in [-0.1, -0.05) is 17.7 Å². The van der Waals surface area contributed by atoms with Gasteiger partial charge in [0.15, 0.2) is 0 Å². The molecule has 0 bridgehead atoms. The zero-order valence-corrected chi connectivity index (χ0v) is 11.0. The minimum atomic E-state index is -0.603. The number of benzene rings is 1. The van der Waals surface area contributed by atoms with Gasteiger partial charge in [-0.3, -0.25) is 4.79 Å². The summed E-state index contributed by atoms with van der Waals surface area (Å²) in [5.41, 5.74) is 6.07. The van der Waals surface area contributed by atoms with Crippen molar-refractivity contribution in [2.75, 3.05) is 13.7 Å². The predicted octanol–water partition coefficient (Wildman–Crippen LogP) is 1.87. The van der Waals surface area contributed by atoms with Crippen LogP contribution in [0.2, 0.25) is 5.02 Å². The number of nitrogens with two attached hydrogens (primary N) is 1. The molecule has 1 saturated carbocycles. The first-order chi connectivity index (χ1) is 8.63. The number of hydrogen-bond acceptors (Lipinski definition) is 3. The van der Waals surface area contributed by atoms with Crippen LogP contribution in [0.25, 0.3) is 0 Å². The summed E-state index contributed by atoms with van der Waals surface area (Å²) in [4.78, 5) is 11.6. The molecule has 1 aliphatic carbocycles. The molecule has 0 spiro atoms. The Labute approximate surface area is 111 Å². The van der Waals surface area contributed by atoms with E-state index >= 15 is 0 Å². The number of ether oxygens (including phenoxy) is 1. The summed E-state index contributed by atoms with van der Waals surface area (Å²) in [6.07, 6.45) is 2.41. The maximum Gasteiger partial charge on any atom is 0.239 e. The molecular formula is C13H17ClN2O2. The molecule has 0 saturated heterocycles. The van der Waals surface area contributed by atoms with E-state index in [2.05, 4.69) is 5.32 Å². The van der Waals surface area contributed by atoms with Crippen LogP contribution in [0.5, 0.6) is 5.75 Å². The van der Waals surface area contributed by atoms with E-state index < -0.39 is 11.9 Å². The zero-order valence-electron chi connectivity index (χ0n) is 10.3. The first-order valence-electron chi connectivity index (χ1n) is 5.98. The summed E-state index contributed by atoms with van der Waals surface area (Å²) in [6.45, 7) is 0.780. The average Bonchev–Trinajstić information content (AvgIpc) is 3.14. The van der Waals surface area contributed by atoms with Gasteiger partial charge < -0.3 is 15.8 Å². The molecule has 2 rings (SSSR count). The van der Waals surface area contributed by atoms with E-state index in [0.717, 1.165) is 6.54 Å². The highest BCUT2D eigenvalue weighted by molar-refractivity contribution is 6.31. The lowest BCUT2D eigenvalue weighted by Gasteiger charge is -2.19. The molecule has 0 heterocycles. The van der Waals surface area contributed by atoms with Crippen LogP contribution >= 0.6 is 11.6 Å². The highest BCUT2D eigenvalue weighted by Crippen LogP contribution is 2.33. The fourth-order valence-corrected chi connectivity index (χ4v) is 2.20. The van der Waals surface area contributed by atoms with E-state index in [9.17, 15) is 4.79 Å². The largest absolute Gasteiger partial charge is 0.496 e. The second-order valence-electron chi connectivity index (χ2n) is 4.54. The number of rotatable bonds is 6. The monoisotopic (exact) mass is 268 g/mol. The van der Waals surface area contributed by atoms with Crippen LogP contribution in [0.3, 0.4) is 0 Å². The normalized spacial score (nSPS) is 16.3. The number of amides is 1. The zero-order chi connectivity index (χ0) is 13.1. The molecule has 0 aromatic heterocycles. The molecule has 3 N–H and O–H groups in total. The lowest BCUT2D eigenvalue weighted by atomic mass is 10.0.